The van der Waals surface area contributed by atoms with Crippen LogP contribution in [0, 0.1) is 29.6 Å². The van der Waals surface area contributed by atoms with Crippen molar-refractivity contribution in [1.82, 2.24) is 0 Å². The molecule has 0 aromatic carbocycles. The molecule has 3 atom stereocenters. The molecule has 0 spiro atoms. The summed E-state index contributed by atoms with van der Waals surface area (Å²) in [7, 11) is 0. The molecule has 0 bridgehead atoms. The van der Waals surface area contributed by atoms with Crippen molar-refractivity contribution in [3.05, 3.63) is 0 Å². The van der Waals surface area contributed by atoms with Crippen LogP contribution < -0.4 is 0 Å². The first kappa shape index (κ1) is 21.6. The second-order valence-electron chi connectivity index (χ2n) is 10.3. The summed E-state index contributed by atoms with van der Waals surface area (Å²) in [6.07, 6.45) is 19.3. The minimum Gasteiger partial charge on any atom is -0.244 e. The molecule has 3 rings (SSSR count). The Morgan fingerprint density at radius 2 is 1.07 bits per heavy atom. The number of hydrogen-bond donors (Lipinski definition) is 0. The van der Waals surface area contributed by atoms with E-state index in [-0.39, 0.29) is 0 Å². The van der Waals surface area contributed by atoms with E-state index in [0.29, 0.717) is 24.7 Å². The maximum absolute atomic E-state index is 13.7. The molecule has 3 fully saturated rings. The summed E-state index contributed by atoms with van der Waals surface area (Å²) in [5.41, 5.74) is 0. The molecule has 0 N–H and O–H groups in total. The molecule has 27 heavy (non-hydrogen) atoms. The van der Waals surface area contributed by atoms with Crippen LogP contribution in [-0.2, 0) is 0 Å². The third-order valence-electron chi connectivity index (χ3n) is 8.46. The van der Waals surface area contributed by atoms with Gasteiger partial charge in [-0.1, -0.05) is 84.0 Å². The highest BCUT2D eigenvalue weighted by Gasteiger charge is 2.36. The molecule has 3 saturated carbocycles. The molecule has 0 aromatic rings. The summed E-state index contributed by atoms with van der Waals surface area (Å²) in [5, 5.41) is 0. The van der Waals surface area contributed by atoms with Crippen LogP contribution in [0.2, 0.25) is 0 Å². The van der Waals surface area contributed by atoms with Crippen molar-refractivity contribution in [2.75, 3.05) is 0 Å². The fourth-order valence-corrected chi connectivity index (χ4v) is 6.45. The van der Waals surface area contributed by atoms with Gasteiger partial charge in [0.05, 0.1) is 0 Å². The lowest BCUT2D eigenvalue weighted by atomic mass is 9.69. The molecule has 0 aromatic heterocycles. The number of rotatable bonds is 8. The van der Waals surface area contributed by atoms with Gasteiger partial charge >= 0.3 is 0 Å². The zero-order valence-corrected chi connectivity index (χ0v) is 17.8. The van der Waals surface area contributed by atoms with Crippen LogP contribution in [0.25, 0.3) is 0 Å². The first-order chi connectivity index (χ1) is 13.2. The third kappa shape index (κ3) is 6.70. The minimum atomic E-state index is -1.18. The maximum atomic E-state index is 13.7. The van der Waals surface area contributed by atoms with Crippen LogP contribution in [0.15, 0.2) is 0 Å². The highest BCUT2D eigenvalue weighted by atomic mass is 19.2. The van der Waals surface area contributed by atoms with E-state index in [1.165, 1.54) is 89.9 Å². The molecule has 0 nitrogen and oxygen atoms in total. The smallest absolute Gasteiger partial charge is 0.131 e. The Kier molecular flexibility index (Phi) is 8.91. The lowest BCUT2D eigenvalue weighted by Gasteiger charge is -2.38. The largest absolute Gasteiger partial charge is 0.244 e. The van der Waals surface area contributed by atoms with Crippen molar-refractivity contribution in [2.45, 2.75) is 128 Å². The average molecular weight is 383 g/mol. The van der Waals surface area contributed by atoms with E-state index < -0.39 is 12.3 Å². The van der Waals surface area contributed by atoms with Crippen molar-refractivity contribution < 1.29 is 8.78 Å². The molecule has 0 amide bonds. The zero-order valence-electron chi connectivity index (χ0n) is 17.8. The number of alkyl halides is 2. The van der Waals surface area contributed by atoms with Crippen molar-refractivity contribution in [3.63, 3.8) is 0 Å². The summed E-state index contributed by atoms with van der Waals surface area (Å²) in [6, 6.07) is 0. The normalized spacial score (nSPS) is 40.8. The van der Waals surface area contributed by atoms with E-state index in [9.17, 15) is 8.78 Å². The maximum Gasteiger partial charge on any atom is 0.131 e. The van der Waals surface area contributed by atoms with Crippen molar-refractivity contribution in [3.8, 4) is 0 Å². The molecule has 3 aliphatic rings. The van der Waals surface area contributed by atoms with Crippen molar-refractivity contribution >= 4 is 0 Å². The van der Waals surface area contributed by atoms with E-state index in [0.717, 1.165) is 24.2 Å². The molecule has 3 unspecified atom stereocenters. The van der Waals surface area contributed by atoms with E-state index in [1.54, 1.807) is 0 Å². The number of halogens is 2. The Morgan fingerprint density at radius 1 is 0.556 bits per heavy atom. The predicted octanol–water partition coefficient (Wildman–Crippen LogP) is 8.44. The van der Waals surface area contributed by atoms with Crippen LogP contribution in [0.5, 0.6) is 0 Å². The molecular formula is C25H44F2. The Bertz CT molecular complexity index is 393. The summed E-state index contributed by atoms with van der Waals surface area (Å²) in [4.78, 5) is 0. The molecule has 158 valence electrons. The lowest BCUT2D eigenvalue weighted by Crippen LogP contribution is -2.32. The van der Waals surface area contributed by atoms with Crippen LogP contribution >= 0.6 is 0 Å². The van der Waals surface area contributed by atoms with Gasteiger partial charge in [-0.25, -0.2) is 8.78 Å². The van der Waals surface area contributed by atoms with Gasteiger partial charge in [-0.05, 0) is 61.7 Å². The minimum absolute atomic E-state index is 0.465. The van der Waals surface area contributed by atoms with Gasteiger partial charge in [0, 0.05) is 0 Å². The molecule has 0 radical (unpaired) electrons. The van der Waals surface area contributed by atoms with E-state index in [2.05, 4.69) is 6.92 Å². The second kappa shape index (κ2) is 11.1. The molecule has 3 aliphatic carbocycles. The fourth-order valence-electron chi connectivity index (χ4n) is 6.45. The van der Waals surface area contributed by atoms with Gasteiger partial charge in [0.2, 0.25) is 0 Å². The topological polar surface area (TPSA) is 0 Å². The first-order valence-electron chi connectivity index (χ1n) is 12.4. The van der Waals surface area contributed by atoms with Gasteiger partial charge in [-0.2, -0.15) is 0 Å². The summed E-state index contributed by atoms with van der Waals surface area (Å²) in [6.45, 7) is 2.30. The Labute approximate surface area is 167 Å². The molecule has 0 saturated heterocycles. The number of hydrogen-bond acceptors (Lipinski definition) is 0. The Morgan fingerprint density at radius 3 is 1.63 bits per heavy atom. The van der Waals surface area contributed by atoms with Gasteiger partial charge in [-0.15, -0.1) is 0 Å². The van der Waals surface area contributed by atoms with E-state index in [4.69, 9.17) is 0 Å². The van der Waals surface area contributed by atoms with Gasteiger partial charge in [-0.3, -0.25) is 0 Å². The first-order valence-corrected chi connectivity index (χ1v) is 12.4. The molecule has 0 aliphatic heterocycles. The van der Waals surface area contributed by atoms with Gasteiger partial charge in [0.1, 0.15) is 12.3 Å². The highest BCUT2D eigenvalue weighted by molar-refractivity contribution is 4.86. The monoisotopic (exact) mass is 382 g/mol. The molecular weight excluding hydrogens is 338 g/mol. The number of unbranched alkanes of at least 4 members (excludes halogenated alkanes) is 2. The van der Waals surface area contributed by atoms with Crippen LogP contribution in [0.4, 0.5) is 8.78 Å². The second-order valence-corrected chi connectivity index (χ2v) is 10.3. The highest BCUT2D eigenvalue weighted by Crippen LogP contribution is 2.43. The third-order valence-corrected chi connectivity index (χ3v) is 8.46. The van der Waals surface area contributed by atoms with Gasteiger partial charge in [0.15, 0.2) is 0 Å². The van der Waals surface area contributed by atoms with Gasteiger partial charge < -0.3 is 0 Å². The van der Waals surface area contributed by atoms with Gasteiger partial charge in [0.25, 0.3) is 0 Å². The summed E-state index contributed by atoms with van der Waals surface area (Å²) in [5.74, 6) is 4.10. The van der Waals surface area contributed by atoms with Crippen LogP contribution in [-0.4, -0.2) is 12.3 Å². The fraction of sp³-hybridized carbons (Fsp3) is 1.00. The van der Waals surface area contributed by atoms with Crippen LogP contribution in [0.1, 0.15) is 116 Å². The van der Waals surface area contributed by atoms with Crippen molar-refractivity contribution in [1.29, 1.82) is 0 Å². The quantitative estimate of drug-likeness (QED) is 0.369. The predicted molar refractivity (Wildman–Crippen MR) is 111 cm³/mol. The zero-order chi connectivity index (χ0) is 19.1. The molecule has 2 heteroatoms. The Hall–Kier alpha value is -0.140. The van der Waals surface area contributed by atoms with E-state index in [1.807, 2.05) is 0 Å². The summed E-state index contributed by atoms with van der Waals surface area (Å²) >= 11 is 0. The Balaban J connectivity index is 1.27. The lowest BCUT2D eigenvalue weighted by molar-refractivity contribution is 0.0539. The SMILES string of the molecule is CCCCCC1CCC(CCC2CCC(C3CCC(F)C(F)C3)CC2)CC1. The summed E-state index contributed by atoms with van der Waals surface area (Å²) < 4.78 is 27.1. The molecule has 0 heterocycles. The van der Waals surface area contributed by atoms with Crippen LogP contribution in [0.3, 0.4) is 0 Å². The van der Waals surface area contributed by atoms with E-state index >= 15 is 0 Å². The standard InChI is InChI=1S/C25H44F2/c1-2-3-4-5-19-6-8-20(9-7-19)10-11-21-12-14-22(15-13-21)23-16-17-24(26)25(27)18-23/h19-25H,2-18H2,1H3. The average Bonchev–Trinajstić information content (AvgIpc) is 2.70. The van der Waals surface area contributed by atoms with Crippen molar-refractivity contribution in [2.24, 2.45) is 29.6 Å².